The van der Waals surface area contributed by atoms with Gasteiger partial charge in [-0.2, -0.15) is 0 Å². The molecular weight excluding hydrogens is 548 g/mol. The number of fused-ring (bicyclic) bond motifs is 9. The van der Waals surface area contributed by atoms with Gasteiger partial charge in [0.1, 0.15) is 11.2 Å². The standard InChI is InChI=1S/C42H26N2O/c1-2-11-29(12-3-1)43-35-16-7-5-14-31(35)34-25-27(22-24-37(34)43)28-21-23-32-30-13-4-8-17-36(30)44(39(32)26-28)38-18-10-20-41-42(38)33-15-6-9-19-40(33)45-41/h1-26H. The van der Waals surface area contributed by atoms with E-state index in [1.807, 2.05) is 12.1 Å². The summed E-state index contributed by atoms with van der Waals surface area (Å²) in [5, 5.41) is 7.25. The minimum Gasteiger partial charge on any atom is -0.456 e. The number of hydrogen-bond acceptors (Lipinski definition) is 1. The fourth-order valence-corrected chi connectivity index (χ4v) is 7.36. The third-order valence-electron chi connectivity index (χ3n) is 9.32. The monoisotopic (exact) mass is 574 g/mol. The van der Waals surface area contributed by atoms with Crippen molar-refractivity contribution in [1.29, 1.82) is 0 Å². The van der Waals surface area contributed by atoms with E-state index in [4.69, 9.17) is 4.42 Å². The average molecular weight is 575 g/mol. The van der Waals surface area contributed by atoms with Gasteiger partial charge in [-0.15, -0.1) is 0 Å². The van der Waals surface area contributed by atoms with E-state index in [0.29, 0.717) is 0 Å². The molecule has 0 unspecified atom stereocenters. The molecule has 0 saturated heterocycles. The highest BCUT2D eigenvalue weighted by Crippen LogP contribution is 2.40. The zero-order valence-corrected chi connectivity index (χ0v) is 24.3. The van der Waals surface area contributed by atoms with Crippen molar-refractivity contribution >= 4 is 65.6 Å². The first-order valence-corrected chi connectivity index (χ1v) is 15.4. The van der Waals surface area contributed by atoms with Crippen molar-refractivity contribution < 1.29 is 4.42 Å². The van der Waals surface area contributed by atoms with E-state index >= 15 is 0 Å². The average Bonchev–Trinajstić information content (AvgIpc) is 3.76. The molecule has 3 heteroatoms. The number of benzene rings is 7. The molecule has 45 heavy (non-hydrogen) atoms. The van der Waals surface area contributed by atoms with Gasteiger partial charge in [-0.3, -0.25) is 0 Å². The van der Waals surface area contributed by atoms with Crippen LogP contribution >= 0.6 is 0 Å². The van der Waals surface area contributed by atoms with Gasteiger partial charge in [0.2, 0.25) is 0 Å². The van der Waals surface area contributed by atoms with E-state index in [2.05, 4.69) is 155 Å². The molecule has 0 atom stereocenters. The van der Waals surface area contributed by atoms with Gasteiger partial charge in [0.15, 0.2) is 0 Å². The second-order valence-electron chi connectivity index (χ2n) is 11.8. The van der Waals surface area contributed by atoms with Crippen LogP contribution in [0.3, 0.4) is 0 Å². The van der Waals surface area contributed by atoms with Gasteiger partial charge in [0, 0.05) is 32.6 Å². The Balaban J connectivity index is 1.24. The van der Waals surface area contributed by atoms with Crippen LogP contribution < -0.4 is 0 Å². The summed E-state index contributed by atoms with van der Waals surface area (Å²) in [7, 11) is 0. The SMILES string of the molecule is c1ccc(-n2c3ccccc3c3cc(-c4ccc5c6ccccc6n(-c6cccc7oc8ccccc8c67)c5c4)ccc32)cc1. The van der Waals surface area contributed by atoms with Crippen LogP contribution in [-0.4, -0.2) is 9.13 Å². The van der Waals surface area contributed by atoms with Gasteiger partial charge >= 0.3 is 0 Å². The Bertz CT molecular complexity index is 2760. The lowest BCUT2D eigenvalue weighted by molar-refractivity contribution is 0.669. The zero-order valence-electron chi connectivity index (χ0n) is 24.3. The zero-order chi connectivity index (χ0) is 29.5. The van der Waals surface area contributed by atoms with Gasteiger partial charge in [-0.05, 0) is 71.8 Å². The number of furan rings is 1. The Morgan fingerprint density at radius 3 is 1.80 bits per heavy atom. The highest BCUT2D eigenvalue weighted by molar-refractivity contribution is 6.15. The van der Waals surface area contributed by atoms with Crippen LogP contribution in [0.5, 0.6) is 0 Å². The van der Waals surface area contributed by atoms with Crippen LogP contribution in [0.4, 0.5) is 0 Å². The summed E-state index contributed by atoms with van der Waals surface area (Å²) in [6, 6.07) is 56.6. The fourth-order valence-electron chi connectivity index (χ4n) is 7.36. The smallest absolute Gasteiger partial charge is 0.137 e. The molecule has 0 aliphatic rings. The van der Waals surface area contributed by atoms with Crippen molar-refractivity contribution in [3.05, 3.63) is 158 Å². The largest absolute Gasteiger partial charge is 0.456 e. The lowest BCUT2D eigenvalue weighted by atomic mass is 10.0. The Hall–Kier alpha value is -6.06. The van der Waals surface area contributed by atoms with Crippen LogP contribution in [0.2, 0.25) is 0 Å². The van der Waals surface area contributed by atoms with Crippen molar-refractivity contribution in [2.24, 2.45) is 0 Å². The number of rotatable bonds is 3. The lowest BCUT2D eigenvalue weighted by Gasteiger charge is -2.11. The van der Waals surface area contributed by atoms with Gasteiger partial charge in [-0.25, -0.2) is 0 Å². The quantitative estimate of drug-likeness (QED) is 0.206. The summed E-state index contributed by atoms with van der Waals surface area (Å²) in [5.41, 5.74) is 11.3. The summed E-state index contributed by atoms with van der Waals surface area (Å²) in [6.07, 6.45) is 0. The molecular formula is C42H26N2O. The second-order valence-corrected chi connectivity index (χ2v) is 11.8. The second kappa shape index (κ2) is 9.22. The first kappa shape index (κ1) is 24.4. The van der Waals surface area contributed by atoms with Crippen molar-refractivity contribution in [2.75, 3.05) is 0 Å². The predicted molar refractivity (Wildman–Crippen MR) is 188 cm³/mol. The molecule has 10 aromatic rings. The highest BCUT2D eigenvalue weighted by Gasteiger charge is 2.19. The molecule has 0 saturated carbocycles. The van der Waals surface area contributed by atoms with E-state index < -0.39 is 0 Å². The third kappa shape index (κ3) is 3.46. The Morgan fingerprint density at radius 2 is 0.956 bits per heavy atom. The maximum Gasteiger partial charge on any atom is 0.137 e. The molecule has 210 valence electrons. The van der Waals surface area contributed by atoms with E-state index in [0.717, 1.165) is 27.6 Å². The van der Waals surface area contributed by atoms with Crippen LogP contribution in [0, 0.1) is 0 Å². The third-order valence-corrected chi connectivity index (χ3v) is 9.32. The molecule has 0 bridgehead atoms. The number of aromatic nitrogens is 2. The molecule has 0 radical (unpaired) electrons. The molecule has 3 nitrogen and oxygen atoms in total. The first-order valence-electron chi connectivity index (χ1n) is 15.4. The highest BCUT2D eigenvalue weighted by atomic mass is 16.3. The molecule has 3 heterocycles. The van der Waals surface area contributed by atoms with Gasteiger partial charge < -0.3 is 13.6 Å². The minimum atomic E-state index is 0.899. The Kier molecular flexibility index (Phi) is 5.00. The molecule has 3 aromatic heterocycles. The minimum absolute atomic E-state index is 0.899. The topological polar surface area (TPSA) is 23.0 Å². The molecule has 0 aliphatic heterocycles. The van der Waals surface area contributed by atoms with E-state index in [-0.39, 0.29) is 0 Å². The Labute approximate surface area is 258 Å². The van der Waals surface area contributed by atoms with Crippen LogP contribution in [0.15, 0.2) is 162 Å². The van der Waals surface area contributed by atoms with Crippen LogP contribution in [0.1, 0.15) is 0 Å². The molecule has 0 fully saturated rings. The number of hydrogen-bond donors (Lipinski definition) is 0. The maximum atomic E-state index is 6.30. The summed E-state index contributed by atoms with van der Waals surface area (Å²) in [5.74, 6) is 0. The van der Waals surface area contributed by atoms with Crippen molar-refractivity contribution in [1.82, 2.24) is 9.13 Å². The fraction of sp³-hybridized carbons (Fsp3) is 0. The molecule has 0 aliphatic carbocycles. The first-order chi connectivity index (χ1) is 22.3. The molecule has 0 amide bonds. The van der Waals surface area contributed by atoms with Crippen LogP contribution in [-0.2, 0) is 0 Å². The summed E-state index contributed by atoms with van der Waals surface area (Å²) < 4.78 is 11.1. The summed E-state index contributed by atoms with van der Waals surface area (Å²) >= 11 is 0. The van der Waals surface area contributed by atoms with Gasteiger partial charge in [-0.1, -0.05) is 97.1 Å². The lowest BCUT2D eigenvalue weighted by Crippen LogP contribution is -1.95. The van der Waals surface area contributed by atoms with Crippen LogP contribution in [0.25, 0.3) is 88.1 Å². The molecule has 0 N–H and O–H groups in total. The van der Waals surface area contributed by atoms with Gasteiger partial charge in [0.05, 0.1) is 33.1 Å². The van der Waals surface area contributed by atoms with Gasteiger partial charge in [0.25, 0.3) is 0 Å². The molecule has 7 aromatic carbocycles. The van der Waals surface area contributed by atoms with Crippen molar-refractivity contribution in [3.63, 3.8) is 0 Å². The summed E-state index contributed by atoms with van der Waals surface area (Å²) in [4.78, 5) is 0. The van der Waals surface area contributed by atoms with Crippen molar-refractivity contribution in [2.45, 2.75) is 0 Å². The summed E-state index contributed by atoms with van der Waals surface area (Å²) in [6.45, 7) is 0. The normalized spacial score (nSPS) is 12.0. The maximum absolute atomic E-state index is 6.30. The molecule has 10 rings (SSSR count). The van der Waals surface area contributed by atoms with E-state index in [9.17, 15) is 0 Å². The Morgan fingerprint density at radius 1 is 0.356 bits per heavy atom. The van der Waals surface area contributed by atoms with Crippen molar-refractivity contribution in [3.8, 4) is 22.5 Å². The van der Waals surface area contributed by atoms with E-state index in [1.54, 1.807) is 0 Å². The van der Waals surface area contributed by atoms with E-state index in [1.165, 1.54) is 60.4 Å². The number of para-hydroxylation sites is 4. The number of nitrogens with zero attached hydrogens (tertiary/aromatic N) is 2. The molecule has 0 spiro atoms. The predicted octanol–water partition coefficient (Wildman–Crippen LogP) is 11.4.